The molecule has 0 aliphatic carbocycles. The average molecular weight is 554 g/mol. The molecule has 0 bridgehead atoms. The van der Waals surface area contributed by atoms with Crippen LogP contribution in [0.1, 0.15) is 16.4 Å². The minimum absolute atomic E-state index is 0.0911. The van der Waals surface area contributed by atoms with Crippen LogP contribution in [0.3, 0.4) is 0 Å². The van der Waals surface area contributed by atoms with Gasteiger partial charge in [-0.15, -0.1) is 23.1 Å². The number of thioether (sulfide) groups is 1. The van der Waals surface area contributed by atoms with Gasteiger partial charge in [-0.05, 0) is 59.7 Å². The number of thiazole rings is 1. The molecule has 0 aliphatic heterocycles. The first-order valence-corrected chi connectivity index (χ1v) is 14.0. The van der Waals surface area contributed by atoms with E-state index in [4.69, 9.17) is 0 Å². The molecule has 4 aromatic carbocycles. The second kappa shape index (κ2) is 12.5. The van der Waals surface area contributed by atoms with Crippen LogP contribution in [0.2, 0.25) is 0 Å². The quantitative estimate of drug-likeness (QED) is 0.184. The highest BCUT2D eigenvalue weighted by molar-refractivity contribution is 8.00. The molecule has 0 spiro atoms. The summed E-state index contributed by atoms with van der Waals surface area (Å²) in [5, 5.41) is 7.64. The van der Waals surface area contributed by atoms with Crippen LogP contribution in [0, 0.1) is 5.82 Å². The van der Waals surface area contributed by atoms with E-state index in [0.717, 1.165) is 21.6 Å². The fourth-order valence-corrected chi connectivity index (χ4v) is 5.64. The SMILES string of the molecule is O=C(Cc1ccccc1)Nc1ccc(SC(C(=O)Nc2nc(-c3ccc(F)cc3)cs2)c2ccccc2)cc1. The third-order valence-corrected chi connectivity index (χ3v) is 7.84. The largest absolute Gasteiger partial charge is 0.326 e. The topological polar surface area (TPSA) is 71.1 Å². The van der Waals surface area contributed by atoms with E-state index in [1.165, 1.54) is 35.2 Å². The molecule has 2 N–H and O–H groups in total. The molecule has 0 saturated heterocycles. The Morgan fingerprint density at radius 2 is 1.49 bits per heavy atom. The highest BCUT2D eigenvalue weighted by Crippen LogP contribution is 2.37. The molecule has 5 aromatic rings. The number of nitrogens with zero attached hydrogens (tertiary/aromatic N) is 1. The van der Waals surface area contributed by atoms with Crippen LogP contribution in [0.15, 0.2) is 119 Å². The van der Waals surface area contributed by atoms with E-state index in [-0.39, 0.29) is 17.6 Å². The summed E-state index contributed by atoms with van der Waals surface area (Å²) >= 11 is 2.73. The van der Waals surface area contributed by atoms with Crippen molar-refractivity contribution in [2.24, 2.45) is 0 Å². The lowest BCUT2D eigenvalue weighted by molar-refractivity contribution is -0.116. The van der Waals surface area contributed by atoms with Crippen molar-refractivity contribution in [2.45, 2.75) is 16.6 Å². The standard InChI is InChI=1S/C31H24FN3O2S2/c32-24-13-11-22(12-14-24)27-20-38-31(34-27)35-30(37)29(23-9-5-2-6-10-23)39-26-17-15-25(16-18-26)33-28(36)19-21-7-3-1-4-8-21/h1-18,20,29H,19H2,(H,33,36)(H,34,35,37). The number of amides is 2. The summed E-state index contributed by atoms with van der Waals surface area (Å²) in [6, 6.07) is 32.7. The molecule has 1 heterocycles. The maximum absolute atomic E-state index is 13.4. The van der Waals surface area contributed by atoms with Crippen molar-refractivity contribution in [1.82, 2.24) is 4.98 Å². The van der Waals surface area contributed by atoms with E-state index in [9.17, 15) is 14.0 Å². The first-order valence-electron chi connectivity index (χ1n) is 12.2. The van der Waals surface area contributed by atoms with E-state index in [1.54, 1.807) is 12.1 Å². The van der Waals surface area contributed by atoms with Gasteiger partial charge in [0.15, 0.2) is 5.13 Å². The van der Waals surface area contributed by atoms with Gasteiger partial charge in [0, 0.05) is 21.5 Å². The molecule has 8 heteroatoms. The average Bonchev–Trinajstić information content (AvgIpc) is 3.42. The Hall–Kier alpha value is -4.27. The van der Waals surface area contributed by atoms with Gasteiger partial charge in [0.1, 0.15) is 11.1 Å². The summed E-state index contributed by atoms with van der Waals surface area (Å²) in [6.45, 7) is 0. The third kappa shape index (κ3) is 7.19. The van der Waals surface area contributed by atoms with Gasteiger partial charge in [-0.3, -0.25) is 9.59 Å². The van der Waals surface area contributed by atoms with E-state index in [2.05, 4.69) is 15.6 Å². The summed E-state index contributed by atoms with van der Waals surface area (Å²) in [4.78, 5) is 31.2. The lowest BCUT2D eigenvalue weighted by atomic mass is 10.1. The number of rotatable bonds is 9. The fraction of sp³-hybridized carbons (Fsp3) is 0.0645. The number of halogens is 1. The minimum Gasteiger partial charge on any atom is -0.326 e. The molecule has 5 nitrogen and oxygen atoms in total. The third-order valence-electron chi connectivity index (χ3n) is 5.81. The number of carbonyl (C=O) groups is 2. The smallest absolute Gasteiger partial charge is 0.244 e. The number of carbonyl (C=O) groups excluding carboxylic acids is 2. The molecule has 1 unspecified atom stereocenters. The van der Waals surface area contributed by atoms with Gasteiger partial charge in [-0.2, -0.15) is 0 Å². The van der Waals surface area contributed by atoms with Crippen molar-refractivity contribution in [3.63, 3.8) is 0 Å². The summed E-state index contributed by atoms with van der Waals surface area (Å²) in [7, 11) is 0. The molecular weight excluding hydrogens is 529 g/mol. The minimum atomic E-state index is -0.525. The van der Waals surface area contributed by atoms with E-state index >= 15 is 0 Å². The van der Waals surface area contributed by atoms with Gasteiger partial charge < -0.3 is 10.6 Å². The monoisotopic (exact) mass is 553 g/mol. The highest BCUT2D eigenvalue weighted by atomic mass is 32.2. The molecule has 0 radical (unpaired) electrons. The molecule has 5 rings (SSSR count). The summed E-state index contributed by atoms with van der Waals surface area (Å²) < 4.78 is 13.3. The molecule has 0 aliphatic rings. The summed E-state index contributed by atoms with van der Waals surface area (Å²) in [5.41, 5.74) is 3.94. The number of aromatic nitrogens is 1. The number of hydrogen-bond donors (Lipinski definition) is 2. The van der Waals surface area contributed by atoms with Crippen molar-refractivity contribution in [1.29, 1.82) is 0 Å². The Morgan fingerprint density at radius 1 is 0.821 bits per heavy atom. The maximum atomic E-state index is 13.4. The first-order chi connectivity index (χ1) is 19.0. The van der Waals surface area contributed by atoms with Gasteiger partial charge in [0.25, 0.3) is 0 Å². The maximum Gasteiger partial charge on any atom is 0.244 e. The number of nitrogens with one attached hydrogen (secondary N) is 2. The molecule has 0 fully saturated rings. The second-order valence-electron chi connectivity index (χ2n) is 8.68. The molecular formula is C31H24FN3O2S2. The molecule has 194 valence electrons. The van der Waals surface area contributed by atoms with E-state index in [0.29, 0.717) is 22.9 Å². The van der Waals surface area contributed by atoms with Gasteiger partial charge in [0.05, 0.1) is 12.1 Å². The lowest BCUT2D eigenvalue weighted by Crippen LogP contribution is -2.19. The van der Waals surface area contributed by atoms with Crippen molar-refractivity contribution < 1.29 is 14.0 Å². The van der Waals surface area contributed by atoms with Crippen LogP contribution in [0.25, 0.3) is 11.3 Å². The zero-order valence-corrected chi connectivity index (χ0v) is 22.3. The van der Waals surface area contributed by atoms with E-state index < -0.39 is 5.25 Å². The Bertz CT molecular complexity index is 1540. The molecule has 2 amide bonds. The lowest BCUT2D eigenvalue weighted by Gasteiger charge is -2.16. The number of hydrogen-bond acceptors (Lipinski definition) is 5. The predicted molar refractivity (Wildman–Crippen MR) is 156 cm³/mol. The highest BCUT2D eigenvalue weighted by Gasteiger charge is 2.23. The van der Waals surface area contributed by atoms with Crippen molar-refractivity contribution in [3.8, 4) is 11.3 Å². The van der Waals surface area contributed by atoms with Crippen molar-refractivity contribution in [3.05, 3.63) is 132 Å². The summed E-state index contributed by atoms with van der Waals surface area (Å²) in [5.74, 6) is -0.606. The van der Waals surface area contributed by atoms with Crippen molar-refractivity contribution >= 4 is 45.7 Å². The fourth-order valence-electron chi connectivity index (χ4n) is 3.90. The van der Waals surface area contributed by atoms with Crippen molar-refractivity contribution in [2.75, 3.05) is 10.6 Å². The Morgan fingerprint density at radius 3 is 2.18 bits per heavy atom. The normalized spacial score (nSPS) is 11.5. The van der Waals surface area contributed by atoms with E-state index in [1.807, 2.05) is 90.3 Å². The molecule has 1 aromatic heterocycles. The van der Waals surface area contributed by atoms with Crippen LogP contribution in [-0.2, 0) is 16.0 Å². The molecule has 0 saturated carbocycles. The van der Waals surface area contributed by atoms with Gasteiger partial charge in [-0.1, -0.05) is 60.7 Å². The van der Waals surface area contributed by atoms with Crippen LogP contribution < -0.4 is 10.6 Å². The zero-order valence-electron chi connectivity index (χ0n) is 20.7. The zero-order chi connectivity index (χ0) is 27.0. The van der Waals surface area contributed by atoms with Gasteiger partial charge >= 0.3 is 0 Å². The van der Waals surface area contributed by atoms with Crippen LogP contribution in [0.4, 0.5) is 15.2 Å². The van der Waals surface area contributed by atoms with Crippen LogP contribution >= 0.6 is 23.1 Å². The number of anilines is 2. The predicted octanol–water partition coefficient (Wildman–Crippen LogP) is 7.60. The molecule has 1 atom stereocenters. The molecule has 39 heavy (non-hydrogen) atoms. The Kier molecular flexibility index (Phi) is 8.45. The van der Waals surface area contributed by atoms with Crippen LogP contribution in [-0.4, -0.2) is 16.8 Å². The second-order valence-corrected chi connectivity index (χ2v) is 10.7. The number of benzene rings is 4. The van der Waals surface area contributed by atoms with Gasteiger partial charge in [0.2, 0.25) is 11.8 Å². The summed E-state index contributed by atoms with van der Waals surface area (Å²) in [6.07, 6.45) is 0.299. The first kappa shape index (κ1) is 26.3. The van der Waals surface area contributed by atoms with Crippen LogP contribution in [0.5, 0.6) is 0 Å². The Balaban J connectivity index is 1.26. The Labute approximate surface area is 234 Å². The van der Waals surface area contributed by atoms with Gasteiger partial charge in [-0.25, -0.2) is 9.37 Å².